The molecule has 2 bridgehead atoms. The monoisotopic (exact) mass is 392 g/mol. The Morgan fingerprint density at radius 2 is 1.86 bits per heavy atom. The van der Waals surface area contributed by atoms with E-state index in [9.17, 15) is 15.8 Å². The van der Waals surface area contributed by atoms with Gasteiger partial charge in [0, 0.05) is 18.1 Å². The van der Waals surface area contributed by atoms with E-state index in [1.165, 1.54) is 14.2 Å². The second kappa shape index (κ2) is 6.37. The number of nitrogens with one attached hydrogen (secondary N) is 1. The highest BCUT2D eigenvalue weighted by Gasteiger charge is 2.80. The summed E-state index contributed by atoms with van der Waals surface area (Å²) in [6.07, 6.45) is 1.48. The molecule has 8 heteroatoms. The Hall–Kier alpha value is -3.28. The second-order valence-corrected chi connectivity index (χ2v) is 7.60. The van der Waals surface area contributed by atoms with Crippen molar-refractivity contribution in [2.45, 2.75) is 37.6 Å². The normalized spacial score (nSPS) is 34.0. The van der Waals surface area contributed by atoms with Crippen molar-refractivity contribution >= 4 is 5.90 Å². The Labute approximate surface area is 168 Å². The zero-order valence-corrected chi connectivity index (χ0v) is 16.2. The highest BCUT2D eigenvalue weighted by atomic mass is 16.7. The molecular weight excluding hydrogens is 372 g/mol. The molecule has 3 saturated heterocycles. The van der Waals surface area contributed by atoms with Crippen LogP contribution in [0.25, 0.3) is 0 Å². The van der Waals surface area contributed by atoms with Gasteiger partial charge in [-0.1, -0.05) is 6.42 Å². The number of rotatable bonds is 3. The van der Waals surface area contributed by atoms with Crippen molar-refractivity contribution in [2.24, 2.45) is 16.7 Å². The van der Waals surface area contributed by atoms with Gasteiger partial charge in [0.1, 0.15) is 17.6 Å². The molecule has 0 radical (unpaired) electrons. The lowest BCUT2D eigenvalue weighted by atomic mass is 9.48. The number of nitriles is 3. The fourth-order valence-electron chi connectivity index (χ4n) is 5.16. The molecular formula is C21H20N4O4. The molecule has 0 unspecified atom stereocenters. The average molecular weight is 392 g/mol. The van der Waals surface area contributed by atoms with Crippen molar-refractivity contribution in [3.05, 3.63) is 23.8 Å². The molecule has 0 aromatic heterocycles. The molecule has 8 nitrogen and oxygen atoms in total. The fourth-order valence-corrected chi connectivity index (χ4v) is 5.16. The maximum absolute atomic E-state index is 10.3. The maximum atomic E-state index is 10.3. The third-order valence-corrected chi connectivity index (χ3v) is 6.54. The summed E-state index contributed by atoms with van der Waals surface area (Å²) in [5.74, 6) is -1.36. The molecule has 1 N–H and O–H groups in total. The van der Waals surface area contributed by atoms with Crippen LogP contribution in [-0.2, 0) is 9.47 Å². The van der Waals surface area contributed by atoms with Gasteiger partial charge in [-0.2, -0.15) is 15.8 Å². The maximum Gasteiger partial charge on any atom is 0.218 e. The molecule has 3 aliphatic heterocycles. The third-order valence-electron chi connectivity index (χ3n) is 6.54. The first-order valence-electron chi connectivity index (χ1n) is 9.40. The fraction of sp³-hybridized carbons (Fsp3) is 0.524. The summed E-state index contributed by atoms with van der Waals surface area (Å²) < 4.78 is 23.0. The SMILES string of the molecule is COc1ccc([C@@H]2O[C@@]34CCCC[C@H]3C(C#N)(C#N)[C@@]2(C#N)C(=N)O4)c(OC)c1. The van der Waals surface area contributed by atoms with Gasteiger partial charge in [0.2, 0.25) is 11.7 Å². The van der Waals surface area contributed by atoms with Crippen LogP contribution in [0.4, 0.5) is 0 Å². The minimum Gasteiger partial charge on any atom is -0.497 e. The van der Waals surface area contributed by atoms with E-state index in [0.717, 1.165) is 12.8 Å². The number of hydrogen-bond donors (Lipinski definition) is 1. The summed E-state index contributed by atoms with van der Waals surface area (Å²) in [7, 11) is 3.00. The standard InChI is InChI=1S/C21H20N4O4/c1-26-13-6-7-14(15(9-13)27-2)17-20(12-24)18(25)29-21(28-17)8-4-3-5-16(21)19(20,10-22)11-23/h6-7,9,16-17,25H,3-5,8H2,1-2H3/t16-,17-,20+,21+/m0/s1. The van der Waals surface area contributed by atoms with Crippen LogP contribution in [0.1, 0.15) is 37.4 Å². The Balaban J connectivity index is 2.01. The minimum atomic E-state index is -1.91. The Morgan fingerprint density at radius 1 is 1.10 bits per heavy atom. The van der Waals surface area contributed by atoms with Crippen LogP contribution in [0.3, 0.4) is 0 Å². The minimum absolute atomic E-state index is 0.387. The van der Waals surface area contributed by atoms with Gasteiger partial charge in [0.05, 0.1) is 38.3 Å². The van der Waals surface area contributed by atoms with Gasteiger partial charge in [-0.05, 0) is 25.0 Å². The molecule has 4 fully saturated rings. The van der Waals surface area contributed by atoms with Gasteiger partial charge in [-0.25, -0.2) is 0 Å². The van der Waals surface area contributed by atoms with Crippen LogP contribution >= 0.6 is 0 Å². The third kappa shape index (κ3) is 2.11. The number of benzene rings is 1. The van der Waals surface area contributed by atoms with Crippen LogP contribution in [0.15, 0.2) is 18.2 Å². The van der Waals surface area contributed by atoms with Crippen LogP contribution in [0.2, 0.25) is 0 Å². The predicted octanol–water partition coefficient (Wildman–Crippen LogP) is 3.21. The predicted molar refractivity (Wildman–Crippen MR) is 98.6 cm³/mol. The lowest BCUT2D eigenvalue weighted by Gasteiger charge is -2.63. The molecule has 1 saturated carbocycles. The van der Waals surface area contributed by atoms with E-state index >= 15 is 0 Å². The number of nitrogens with zero attached hydrogens (tertiary/aromatic N) is 3. The molecule has 5 rings (SSSR count). The number of hydrogen-bond acceptors (Lipinski definition) is 8. The lowest BCUT2D eigenvalue weighted by Crippen LogP contribution is -2.73. The summed E-state index contributed by atoms with van der Waals surface area (Å²) >= 11 is 0. The summed E-state index contributed by atoms with van der Waals surface area (Å²) in [6, 6.07) is 11.4. The van der Waals surface area contributed by atoms with E-state index in [1.54, 1.807) is 18.2 Å². The Kier molecular flexibility index (Phi) is 4.19. The van der Waals surface area contributed by atoms with Crippen molar-refractivity contribution in [1.29, 1.82) is 21.2 Å². The zero-order valence-electron chi connectivity index (χ0n) is 16.2. The largest absolute Gasteiger partial charge is 0.497 e. The van der Waals surface area contributed by atoms with Gasteiger partial charge in [0.15, 0.2) is 10.8 Å². The smallest absolute Gasteiger partial charge is 0.218 e. The summed E-state index contributed by atoms with van der Waals surface area (Å²) in [6.45, 7) is 0. The van der Waals surface area contributed by atoms with Gasteiger partial charge >= 0.3 is 0 Å². The molecule has 1 aromatic rings. The average Bonchev–Trinajstić information content (AvgIpc) is 2.76. The van der Waals surface area contributed by atoms with Crippen LogP contribution in [0, 0.1) is 56.2 Å². The van der Waals surface area contributed by atoms with E-state index in [4.69, 9.17) is 24.4 Å². The van der Waals surface area contributed by atoms with Gasteiger partial charge < -0.3 is 18.9 Å². The first kappa shape index (κ1) is 19.1. The van der Waals surface area contributed by atoms with E-state index < -0.39 is 34.5 Å². The highest BCUT2D eigenvalue weighted by Crippen LogP contribution is 2.69. The molecule has 1 aromatic carbocycles. The molecule has 29 heavy (non-hydrogen) atoms. The van der Waals surface area contributed by atoms with Gasteiger partial charge in [-0.15, -0.1) is 0 Å². The molecule has 1 spiro atoms. The van der Waals surface area contributed by atoms with Crippen molar-refractivity contribution in [3.63, 3.8) is 0 Å². The van der Waals surface area contributed by atoms with Crippen molar-refractivity contribution in [2.75, 3.05) is 14.2 Å². The van der Waals surface area contributed by atoms with Crippen molar-refractivity contribution in [1.82, 2.24) is 0 Å². The second-order valence-electron chi connectivity index (χ2n) is 7.60. The van der Waals surface area contributed by atoms with E-state index in [-0.39, 0.29) is 0 Å². The van der Waals surface area contributed by atoms with Crippen LogP contribution in [-0.4, -0.2) is 25.9 Å². The number of fused-ring (bicyclic) bond motifs is 2. The molecule has 0 amide bonds. The first-order valence-corrected chi connectivity index (χ1v) is 9.40. The molecule has 4 aliphatic rings. The van der Waals surface area contributed by atoms with Gasteiger partial charge in [-0.3, -0.25) is 5.41 Å². The quantitative estimate of drug-likeness (QED) is 0.835. The molecule has 3 heterocycles. The van der Waals surface area contributed by atoms with E-state index in [0.29, 0.717) is 29.9 Å². The molecule has 148 valence electrons. The zero-order chi connectivity index (χ0) is 20.9. The van der Waals surface area contributed by atoms with Crippen LogP contribution < -0.4 is 9.47 Å². The lowest BCUT2D eigenvalue weighted by molar-refractivity contribution is -0.360. The van der Waals surface area contributed by atoms with Crippen molar-refractivity contribution in [3.8, 4) is 29.7 Å². The topological polar surface area (TPSA) is 132 Å². The summed E-state index contributed by atoms with van der Waals surface area (Å²) in [5, 5.41) is 39.3. The number of ether oxygens (including phenoxy) is 4. The molecule has 4 atom stereocenters. The van der Waals surface area contributed by atoms with Crippen LogP contribution in [0.5, 0.6) is 11.5 Å². The Bertz CT molecular complexity index is 989. The highest BCUT2D eigenvalue weighted by molar-refractivity contribution is 5.89. The Morgan fingerprint density at radius 3 is 2.48 bits per heavy atom. The number of methoxy groups -OCH3 is 2. The van der Waals surface area contributed by atoms with E-state index in [2.05, 4.69) is 18.2 Å². The summed E-state index contributed by atoms with van der Waals surface area (Å²) in [4.78, 5) is 0. The first-order chi connectivity index (χ1) is 14.0. The summed E-state index contributed by atoms with van der Waals surface area (Å²) in [5.41, 5.74) is -3.21. The molecule has 1 aliphatic carbocycles. The van der Waals surface area contributed by atoms with Crippen molar-refractivity contribution < 1.29 is 18.9 Å². The van der Waals surface area contributed by atoms with E-state index in [1.807, 2.05) is 0 Å². The van der Waals surface area contributed by atoms with Gasteiger partial charge in [0.25, 0.3) is 0 Å².